The molecule has 3 rings (SSSR count). The third kappa shape index (κ3) is 2.41. The summed E-state index contributed by atoms with van der Waals surface area (Å²) in [4.78, 5) is 0. The van der Waals surface area contributed by atoms with E-state index in [2.05, 4.69) is 48.5 Å². The van der Waals surface area contributed by atoms with Crippen LogP contribution in [0.1, 0.15) is 28.7 Å². The highest BCUT2D eigenvalue weighted by Gasteiger charge is 2.10. The Bertz CT molecular complexity index is 497. The summed E-state index contributed by atoms with van der Waals surface area (Å²) >= 11 is 0. The van der Waals surface area contributed by atoms with Crippen molar-refractivity contribution in [2.75, 3.05) is 0 Å². The van der Waals surface area contributed by atoms with Gasteiger partial charge in [0, 0.05) is 0 Å². The van der Waals surface area contributed by atoms with E-state index in [1.165, 1.54) is 30.4 Å². The van der Waals surface area contributed by atoms with Crippen LogP contribution in [0.25, 0.3) is 0 Å². The van der Waals surface area contributed by atoms with Crippen molar-refractivity contribution in [3.05, 3.63) is 70.8 Å². The number of aryl methyl sites for hydroxylation is 4. The minimum atomic E-state index is 1.15. The molecule has 0 nitrogen and oxygen atoms in total. The summed E-state index contributed by atoms with van der Waals surface area (Å²) in [7, 11) is 0. The van der Waals surface area contributed by atoms with E-state index in [-0.39, 0.29) is 0 Å². The normalized spacial score (nSPS) is 13.6. The first-order valence-electron chi connectivity index (χ1n) is 6.56. The summed E-state index contributed by atoms with van der Waals surface area (Å²) in [5, 5.41) is 0. The fourth-order valence-electron chi connectivity index (χ4n) is 2.71. The fourth-order valence-corrected chi connectivity index (χ4v) is 2.71. The lowest BCUT2D eigenvalue weighted by molar-refractivity contribution is 0.910. The number of hydrogen-bond donors (Lipinski definition) is 0. The molecular weight excluding hydrogens is 204 g/mol. The van der Waals surface area contributed by atoms with Gasteiger partial charge in [0.2, 0.25) is 0 Å². The van der Waals surface area contributed by atoms with Crippen LogP contribution in [0.5, 0.6) is 0 Å². The van der Waals surface area contributed by atoms with Crippen molar-refractivity contribution in [3.63, 3.8) is 0 Å². The van der Waals surface area contributed by atoms with Crippen molar-refractivity contribution in [3.8, 4) is 0 Å². The standard InChI is InChI=1S/C17H18/c1-2-5-14(6-3-1)9-10-15-11-12-16-7-4-8-17(16)13-15/h1-3,5-6,11-13H,4,7-10H2. The largest absolute Gasteiger partial charge is 0.0622 e. The number of rotatable bonds is 3. The molecule has 0 aromatic heterocycles. The van der Waals surface area contributed by atoms with Gasteiger partial charge in [-0.3, -0.25) is 0 Å². The summed E-state index contributed by atoms with van der Waals surface area (Å²) in [5.74, 6) is 0. The van der Waals surface area contributed by atoms with E-state index in [0.29, 0.717) is 0 Å². The maximum Gasteiger partial charge on any atom is -0.0238 e. The lowest BCUT2D eigenvalue weighted by Crippen LogP contribution is -1.93. The molecule has 0 heteroatoms. The van der Waals surface area contributed by atoms with Gasteiger partial charge in [-0.2, -0.15) is 0 Å². The molecule has 1 aliphatic carbocycles. The van der Waals surface area contributed by atoms with E-state index in [1.807, 2.05) is 0 Å². The lowest BCUT2D eigenvalue weighted by atomic mass is 10.0. The smallest absolute Gasteiger partial charge is 0.0238 e. The van der Waals surface area contributed by atoms with Crippen molar-refractivity contribution in [2.24, 2.45) is 0 Å². The van der Waals surface area contributed by atoms with Gasteiger partial charge in [-0.05, 0) is 54.4 Å². The van der Waals surface area contributed by atoms with E-state index in [0.717, 1.165) is 12.8 Å². The Labute approximate surface area is 103 Å². The van der Waals surface area contributed by atoms with Gasteiger partial charge in [-0.25, -0.2) is 0 Å². The van der Waals surface area contributed by atoms with Crippen LogP contribution >= 0.6 is 0 Å². The number of hydrogen-bond acceptors (Lipinski definition) is 0. The molecule has 0 heterocycles. The zero-order valence-corrected chi connectivity index (χ0v) is 10.2. The molecular formula is C17H18. The Hall–Kier alpha value is -1.56. The summed E-state index contributed by atoms with van der Waals surface area (Å²) in [6, 6.07) is 17.8. The molecule has 0 unspecified atom stereocenters. The van der Waals surface area contributed by atoms with Crippen LogP contribution < -0.4 is 0 Å². The third-order valence-corrected chi connectivity index (χ3v) is 3.71. The first-order valence-corrected chi connectivity index (χ1v) is 6.56. The molecule has 0 amide bonds. The molecule has 0 saturated heterocycles. The van der Waals surface area contributed by atoms with Gasteiger partial charge in [0.25, 0.3) is 0 Å². The van der Waals surface area contributed by atoms with Crippen molar-refractivity contribution in [1.82, 2.24) is 0 Å². The molecule has 2 aromatic carbocycles. The fraction of sp³-hybridized carbons (Fsp3) is 0.294. The highest BCUT2D eigenvalue weighted by Crippen LogP contribution is 2.23. The number of benzene rings is 2. The van der Waals surface area contributed by atoms with Crippen LogP contribution in [-0.4, -0.2) is 0 Å². The van der Waals surface area contributed by atoms with Crippen LogP contribution in [-0.2, 0) is 25.7 Å². The van der Waals surface area contributed by atoms with Crippen LogP contribution in [0.3, 0.4) is 0 Å². The molecule has 0 spiro atoms. The van der Waals surface area contributed by atoms with Gasteiger partial charge in [-0.15, -0.1) is 0 Å². The van der Waals surface area contributed by atoms with E-state index in [9.17, 15) is 0 Å². The first kappa shape index (κ1) is 10.6. The monoisotopic (exact) mass is 222 g/mol. The molecule has 0 radical (unpaired) electrons. The zero-order valence-electron chi connectivity index (χ0n) is 10.2. The van der Waals surface area contributed by atoms with Crippen LogP contribution in [0.4, 0.5) is 0 Å². The highest BCUT2D eigenvalue weighted by atomic mass is 14.2. The molecule has 86 valence electrons. The topological polar surface area (TPSA) is 0 Å². The zero-order chi connectivity index (χ0) is 11.5. The van der Waals surface area contributed by atoms with Crippen molar-refractivity contribution in [2.45, 2.75) is 32.1 Å². The van der Waals surface area contributed by atoms with Gasteiger partial charge >= 0.3 is 0 Å². The van der Waals surface area contributed by atoms with Crippen LogP contribution in [0, 0.1) is 0 Å². The van der Waals surface area contributed by atoms with E-state index >= 15 is 0 Å². The van der Waals surface area contributed by atoms with Crippen molar-refractivity contribution < 1.29 is 0 Å². The Morgan fingerprint density at radius 3 is 2.35 bits per heavy atom. The lowest BCUT2D eigenvalue weighted by Gasteiger charge is -2.05. The number of fused-ring (bicyclic) bond motifs is 1. The predicted molar refractivity (Wildman–Crippen MR) is 72.3 cm³/mol. The minimum Gasteiger partial charge on any atom is -0.0622 e. The summed E-state index contributed by atoms with van der Waals surface area (Å²) in [5.41, 5.74) is 6.10. The summed E-state index contributed by atoms with van der Waals surface area (Å²) in [6.45, 7) is 0. The van der Waals surface area contributed by atoms with Gasteiger partial charge in [0.05, 0.1) is 0 Å². The van der Waals surface area contributed by atoms with E-state index < -0.39 is 0 Å². The molecule has 1 aliphatic rings. The maximum atomic E-state index is 2.42. The Kier molecular flexibility index (Phi) is 2.96. The molecule has 0 N–H and O–H groups in total. The first-order chi connectivity index (χ1) is 8.42. The second-order valence-corrected chi connectivity index (χ2v) is 4.94. The maximum absolute atomic E-state index is 2.42. The van der Waals surface area contributed by atoms with Gasteiger partial charge in [0.15, 0.2) is 0 Å². The second kappa shape index (κ2) is 4.75. The average Bonchev–Trinajstić information content (AvgIpc) is 2.85. The van der Waals surface area contributed by atoms with Crippen LogP contribution in [0.2, 0.25) is 0 Å². The van der Waals surface area contributed by atoms with Gasteiger partial charge < -0.3 is 0 Å². The highest BCUT2D eigenvalue weighted by molar-refractivity contribution is 5.35. The SMILES string of the molecule is c1ccc(CCc2ccc3c(c2)CCC3)cc1. The molecule has 0 aliphatic heterocycles. The summed E-state index contributed by atoms with van der Waals surface area (Å²) in [6.07, 6.45) is 6.23. The molecule has 2 aromatic rings. The Morgan fingerprint density at radius 2 is 1.47 bits per heavy atom. The molecule has 0 bridgehead atoms. The quantitative estimate of drug-likeness (QED) is 0.737. The van der Waals surface area contributed by atoms with E-state index in [1.54, 1.807) is 11.1 Å². The second-order valence-electron chi connectivity index (χ2n) is 4.94. The average molecular weight is 222 g/mol. The third-order valence-electron chi connectivity index (χ3n) is 3.71. The predicted octanol–water partition coefficient (Wildman–Crippen LogP) is 3.96. The van der Waals surface area contributed by atoms with Crippen LogP contribution in [0.15, 0.2) is 48.5 Å². The molecule has 0 saturated carbocycles. The Balaban J connectivity index is 1.70. The molecule has 0 fully saturated rings. The summed E-state index contributed by atoms with van der Waals surface area (Å²) < 4.78 is 0. The minimum absolute atomic E-state index is 1.15. The van der Waals surface area contributed by atoms with Gasteiger partial charge in [0.1, 0.15) is 0 Å². The van der Waals surface area contributed by atoms with Crippen molar-refractivity contribution >= 4 is 0 Å². The van der Waals surface area contributed by atoms with E-state index in [4.69, 9.17) is 0 Å². The van der Waals surface area contributed by atoms with Gasteiger partial charge in [-0.1, -0.05) is 48.5 Å². The molecule has 17 heavy (non-hydrogen) atoms. The van der Waals surface area contributed by atoms with Crippen molar-refractivity contribution in [1.29, 1.82) is 0 Å². The molecule has 0 atom stereocenters. The Morgan fingerprint density at radius 1 is 0.706 bits per heavy atom.